The van der Waals surface area contributed by atoms with Crippen molar-refractivity contribution in [2.75, 3.05) is 6.61 Å². The number of hydrogen-bond acceptors (Lipinski definition) is 3. The van der Waals surface area contributed by atoms with Gasteiger partial charge in [-0.3, -0.25) is 0 Å². The highest BCUT2D eigenvalue weighted by Gasteiger charge is 2.29. The molecule has 3 nitrogen and oxygen atoms in total. The Morgan fingerprint density at radius 1 is 1.50 bits per heavy atom. The first-order valence-electron chi connectivity index (χ1n) is 5.45. The van der Waals surface area contributed by atoms with Gasteiger partial charge in [-0.05, 0) is 41.5 Å². The lowest BCUT2D eigenvalue weighted by atomic mass is 9.87. The van der Waals surface area contributed by atoms with Crippen LogP contribution in [0.2, 0.25) is 0 Å². The SMILES string of the molecule is CC1(C)CCc2cc(OCC(=O)[O-])ccc21. The van der Waals surface area contributed by atoms with Crippen LogP contribution in [0.4, 0.5) is 0 Å². The molecule has 3 heteroatoms. The topological polar surface area (TPSA) is 49.4 Å². The summed E-state index contributed by atoms with van der Waals surface area (Å²) in [7, 11) is 0. The lowest BCUT2D eigenvalue weighted by Gasteiger charge is -2.19. The molecule has 0 fully saturated rings. The van der Waals surface area contributed by atoms with Gasteiger partial charge in [-0.15, -0.1) is 0 Å². The average molecular weight is 219 g/mol. The predicted molar refractivity (Wildman–Crippen MR) is 58.3 cm³/mol. The van der Waals surface area contributed by atoms with Crippen LogP contribution in [-0.2, 0) is 16.6 Å². The van der Waals surface area contributed by atoms with Gasteiger partial charge in [0.15, 0.2) is 0 Å². The van der Waals surface area contributed by atoms with E-state index < -0.39 is 5.97 Å². The zero-order valence-electron chi connectivity index (χ0n) is 9.58. The molecule has 0 aliphatic heterocycles. The van der Waals surface area contributed by atoms with Crippen molar-refractivity contribution in [1.29, 1.82) is 0 Å². The van der Waals surface area contributed by atoms with Gasteiger partial charge < -0.3 is 14.6 Å². The maximum absolute atomic E-state index is 10.3. The van der Waals surface area contributed by atoms with Crippen LogP contribution in [0.1, 0.15) is 31.4 Å². The normalized spacial score (nSPS) is 16.9. The molecule has 1 aliphatic carbocycles. The highest BCUT2D eigenvalue weighted by atomic mass is 16.5. The molecule has 1 aromatic carbocycles. The molecule has 1 aromatic rings. The van der Waals surface area contributed by atoms with E-state index in [-0.39, 0.29) is 12.0 Å². The Hall–Kier alpha value is -1.51. The van der Waals surface area contributed by atoms with E-state index in [1.807, 2.05) is 18.2 Å². The maximum atomic E-state index is 10.3. The van der Waals surface area contributed by atoms with E-state index in [2.05, 4.69) is 13.8 Å². The molecule has 86 valence electrons. The van der Waals surface area contributed by atoms with Crippen LogP contribution >= 0.6 is 0 Å². The number of carboxylic acid groups (broad SMARTS) is 1. The molecule has 0 unspecified atom stereocenters. The number of aryl methyl sites for hydroxylation is 1. The lowest BCUT2D eigenvalue weighted by Crippen LogP contribution is -2.28. The van der Waals surface area contributed by atoms with E-state index in [4.69, 9.17) is 4.74 Å². The van der Waals surface area contributed by atoms with Gasteiger partial charge in [0.05, 0.1) is 5.97 Å². The number of fused-ring (bicyclic) bond motifs is 1. The highest BCUT2D eigenvalue weighted by Crippen LogP contribution is 2.39. The Bertz CT molecular complexity index is 421. The molecule has 0 aromatic heterocycles. The summed E-state index contributed by atoms with van der Waals surface area (Å²) >= 11 is 0. The fraction of sp³-hybridized carbons (Fsp3) is 0.462. The van der Waals surface area contributed by atoms with Crippen LogP contribution in [0.15, 0.2) is 18.2 Å². The van der Waals surface area contributed by atoms with Crippen LogP contribution in [-0.4, -0.2) is 12.6 Å². The number of carbonyl (C=O) groups excluding carboxylic acids is 1. The van der Waals surface area contributed by atoms with Gasteiger partial charge in [0.2, 0.25) is 0 Å². The molecule has 2 rings (SSSR count). The number of carboxylic acids is 1. The smallest absolute Gasteiger partial charge is 0.128 e. The van der Waals surface area contributed by atoms with Crippen molar-refractivity contribution < 1.29 is 14.6 Å². The fourth-order valence-electron chi connectivity index (χ4n) is 2.25. The highest BCUT2D eigenvalue weighted by molar-refractivity contribution is 5.66. The molecule has 0 saturated carbocycles. The third-order valence-electron chi connectivity index (χ3n) is 3.18. The quantitative estimate of drug-likeness (QED) is 0.763. The van der Waals surface area contributed by atoms with Gasteiger partial charge in [-0.2, -0.15) is 0 Å². The van der Waals surface area contributed by atoms with Crippen molar-refractivity contribution in [2.24, 2.45) is 0 Å². The fourth-order valence-corrected chi connectivity index (χ4v) is 2.25. The summed E-state index contributed by atoms with van der Waals surface area (Å²) in [4.78, 5) is 10.3. The molecular formula is C13H15O3-. The second-order valence-electron chi connectivity index (χ2n) is 4.86. The number of hydrogen-bond donors (Lipinski definition) is 0. The summed E-state index contributed by atoms with van der Waals surface area (Å²) in [6, 6.07) is 5.80. The molecule has 0 spiro atoms. The van der Waals surface area contributed by atoms with Gasteiger partial charge in [0.25, 0.3) is 0 Å². The van der Waals surface area contributed by atoms with Crippen molar-refractivity contribution in [1.82, 2.24) is 0 Å². The first-order valence-corrected chi connectivity index (χ1v) is 5.45. The van der Waals surface area contributed by atoms with E-state index in [9.17, 15) is 9.90 Å². The summed E-state index contributed by atoms with van der Waals surface area (Å²) in [5.41, 5.74) is 2.83. The van der Waals surface area contributed by atoms with Crippen LogP contribution in [0.5, 0.6) is 5.75 Å². The number of rotatable bonds is 3. The van der Waals surface area contributed by atoms with Crippen LogP contribution in [0.25, 0.3) is 0 Å². The summed E-state index contributed by atoms with van der Waals surface area (Å²) in [6.45, 7) is 4.06. The molecule has 0 radical (unpaired) electrons. The maximum Gasteiger partial charge on any atom is 0.128 e. The Morgan fingerprint density at radius 3 is 2.94 bits per heavy atom. The van der Waals surface area contributed by atoms with E-state index in [0.717, 1.165) is 12.8 Å². The third-order valence-corrected chi connectivity index (χ3v) is 3.18. The van der Waals surface area contributed by atoms with Crippen LogP contribution in [0.3, 0.4) is 0 Å². The molecule has 16 heavy (non-hydrogen) atoms. The molecule has 0 bridgehead atoms. The zero-order chi connectivity index (χ0) is 11.8. The van der Waals surface area contributed by atoms with E-state index >= 15 is 0 Å². The first-order chi connectivity index (χ1) is 7.49. The summed E-state index contributed by atoms with van der Waals surface area (Å²) in [5, 5.41) is 10.3. The third kappa shape index (κ3) is 2.03. The van der Waals surface area contributed by atoms with Crippen molar-refractivity contribution in [3.05, 3.63) is 29.3 Å². The number of benzene rings is 1. The minimum atomic E-state index is -1.19. The summed E-state index contributed by atoms with van der Waals surface area (Å²) < 4.78 is 5.10. The van der Waals surface area contributed by atoms with Crippen LogP contribution < -0.4 is 9.84 Å². The molecule has 1 aliphatic rings. The van der Waals surface area contributed by atoms with Crippen molar-refractivity contribution in [3.63, 3.8) is 0 Å². The van der Waals surface area contributed by atoms with Gasteiger partial charge in [-0.25, -0.2) is 0 Å². The predicted octanol–water partition coefficient (Wildman–Crippen LogP) is 1.04. The Kier molecular flexibility index (Phi) is 2.62. The number of ether oxygens (including phenoxy) is 1. The van der Waals surface area contributed by atoms with E-state index in [0.29, 0.717) is 5.75 Å². The van der Waals surface area contributed by atoms with Crippen LogP contribution in [0, 0.1) is 0 Å². The Morgan fingerprint density at radius 2 is 2.25 bits per heavy atom. The summed E-state index contributed by atoms with van der Waals surface area (Å²) in [6.07, 6.45) is 2.16. The molecule has 0 amide bonds. The van der Waals surface area contributed by atoms with Gasteiger partial charge in [0, 0.05) is 0 Å². The largest absolute Gasteiger partial charge is 0.546 e. The van der Waals surface area contributed by atoms with Gasteiger partial charge in [-0.1, -0.05) is 19.9 Å². The summed E-state index contributed by atoms with van der Waals surface area (Å²) in [5.74, 6) is -0.582. The van der Waals surface area contributed by atoms with Crippen molar-refractivity contribution in [3.8, 4) is 5.75 Å². The lowest BCUT2D eigenvalue weighted by molar-refractivity contribution is -0.307. The zero-order valence-corrected chi connectivity index (χ0v) is 9.58. The molecular weight excluding hydrogens is 204 g/mol. The van der Waals surface area contributed by atoms with E-state index in [1.54, 1.807) is 0 Å². The molecule has 0 saturated heterocycles. The molecule has 0 heterocycles. The minimum Gasteiger partial charge on any atom is -0.546 e. The van der Waals surface area contributed by atoms with Crippen molar-refractivity contribution >= 4 is 5.97 Å². The Labute approximate surface area is 95.0 Å². The minimum absolute atomic E-state index is 0.224. The monoisotopic (exact) mass is 219 g/mol. The first kappa shape index (κ1) is 11.0. The molecule has 0 atom stereocenters. The van der Waals surface area contributed by atoms with E-state index in [1.165, 1.54) is 11.1 Å². The number of carbonyl (C=O) groups is 1. The average Bonchev–Trinajstić information content (AvgIpc) is 2.52. The second-order valence-corrected chi connectivity index (χ2v) is 4.86. The van der Waals surface area contributed by atoms with Crippen molar-refractivity contribution in [2.45, 2.75) is 32.1 Å². The van der Waals surface area contributed by atoms with Gasteiger partial charge >= 0.3 is 0 Å². The van der Waals surface area contributed by atoms with Gasteiger partial charge in [0.1, 0.15) is 12.4 Å². The Balaban J connectivity index is 2.19. The molecule has 0 N–H and O–H groups in total. The number of aliphatic carboxylic acids is 1. The standard InChI is InChI=1S/C13H16O3/c1-13(2)6-5-9-7-10(3-4-11(9)13)16-8-12(14)15/h3-4,7H,5-6,8H2,1-2H3,(H,14,15)/p-1. The second kappa shape index (κ2) is 3.81.